The summed E-state index contributed by atoms with van der Waals surface area (Å²) in [5, 5.41) is 3.08. The van der Waals surface area contributed by atoms with Gasteiger partial charge >= 0.3 is 17.6 Å². The average molecular weight is 431 g/mol. The maximum absolute atomic E-state index is 12.9. The number of nitrogens with one attached hydrogen (secondary N) is 1. The Bertz CT molecular complexity index is 981. The van der Waals surface area contributed by atoms with Crippen LogP contribution in [0.15, 0.2) is 46.1 Å². The summed E-state index contributed by atoms with van der Waals surface area (Å²) in [5.74, 6) is -0.698. The van der Waals surface area contributed by atoms with Crippen LogP contribution in [0.5, 0.6) is 0 Å². The van der Waals surface area contributed by atoms with Gasteiger partial charge in [-0.05, 0) is 37.8 Å². The third-order valence-electron chi connectivity index (χ3n) is 4.47. The fourth-order valence-corrected chi connectivity index (χ4v) is 2.96. The van der Waals surface area contributed by atoms with Crippen molar-refractivity contribution in [3.8, 4) is 0 Å². The van der Waals surface area contributed by atoms with Gasteiger partial charge in [0.15, 0.2) is 0 Å². The van der Waals surface area contributed by atoms with Crippen LogP contribution in [-0.2, 0) is 32.2 Å². The lowest BCUT2D eigenvalue weighted by molar-refractivity contribution is -0.142. The minimum Gasteiger partial charge on any atom is -0.466 e. The molecule has 0 radical (unpaired) electrons. The number of hydrogen-bond acceptors (Lipinski definition) is 7. The van der Waals surface area contributed by atoms with E-state index in [-0.39, 0.29) is 31.7 Å². The van der Waals surface area contributed by atoms with Crippen molar-refractivity contribution in [2.45, 2.75) is 52.6 Å². The van der Waals surface area contributed by atoms with Crippen molar-refractivity contribution in [1.82, 2.24) is 9.13 Å². The molecule has 0 aliphatic rings. The van der Waals surface area contributed by atoms with E-state index in [1.165, 1.54) is 29.2 Å². The van der Waals surface area contributed by atoms with Gasteiger partial charge in [-0.25, -0.2) is 4.79 Å². The lowest BCUT2D eigenvalue weighted by Crippen LogP contribution is -2.40. The molecule has 1 aromatic carbocycles. The molecule has 9 nitrogen and oxygen atoms in total. The monoisotopic (exact) mass is 431 g/mol. The zero-order valence-corrected chi connectivity index (χ0v) is 18.0. The van der Waals surface area contributed by atoms with Crippen LogP contribution in [0.4, 0.5) is 11.4 Å². The molecule has 9 heteroatoms. The van der Waals surface area contributed by atoms with E-state index < -0.39 is 11.2 Å². The fourth-order valence-electron chi connectivity index (χ4n) is 2.96. The first-order valence-corrected chi connectivity index (χ1v) is 10.3. The predicted molar refractivity (Wildman–Crippen MR) is 116 cm³/mol. The summed E-state index contributed by atoms with van der Waals surface area (Å²) in [6, 6.07) is 9.23. The summed E-state index contributed by atoms with van der Waals surface area (Å²) in [6.07, 6.45) is 3.81. The van der Waals surface area contributed by atoms with Crippen LogP contribution >= 0.6 is 0 Å². The molecule has 168 valence electrons. The summed E-state index contributed by atoms with van der Waals surface area (Å²) >= 11 is 0. The van der Waals surface area contributed by atoms with E-state index in [9.17, 15) is 19.2 Å². The number of esters is 2. The Hall–Kier alpha value is -3.36. The van der Waals surface area contributed by atoms with Gasteiger partial charge in [-0.15, -0.1) is 0 Å². The summed E-state index contributed by atoms with van der Waals surface area (Å²) in [5.41, 5.74) is 0.230. The molecule has 0 unspecified atom stereocenters. The molecule has 31 heavy (non-hydrogen) atoms. The van der Waals surface area contributed by atoms with Crippen LogP contribution in [0.1, 0.15) is 39.5 Å². The second kappa shape index (κ2) is 12.4. The van der Waals surface area contributed by atoms with E-state index in [1.54, 1.807) is 0 Å². The van der Waals surface area contributed by atoms with Gasteiger partial charge in [0.1, 0.15) is 5.69 Å². The van der Waals surface area contributed by atoms with E-state index in [2.05, 4.69) is 5.32 Å². The number of unbranched alkanes of at least 4 members (excludes halogenated alkanes) is 2. The number of hydrogen-bond donors (Lipinski definition) is 1. The van der Waals surface area contributed by atoms with Gasteiger partial charge in [0, 0.05) is 38.8 Å². The van der Waals surface area contributed by atoms with Gasteiger partial charge in [0.2, 0.25) is 0 Å². The topological polar surface area (TPSA) is 109 Å². The van der Waals surface area contributed by atoms with Crippen molar-refractivity contribution in [3.63, 3.8) is 0 Å². The van der Waals surface area contributed by atoms with Gasteiger partial charge in [-0.2, -0.15) is 0 Å². The Morgan fingerprint density at radius 2 is 1.45 bits per heavy atom. The Morgan fingerprint density at radius 1 is 0.871 bits per heavy atom. The molecule has 0 spiro atoms. The Kier molecular flexibility index (Phi) is 9.54. The van der Waals surface area contributed by atoms with Crippen LogP contribution < -0.4 is 16.6 Å². The van der Waals surface area contributed by atoms with Crippen molar-refractivity contribution in [3.05, 3.63) is 57.4 Å². The van der Waals surface area contributed by atoms with E-state index >= 15 is 0 Å². The number of anilines is 2. The van der Waals surface area contributed by atoms with Crippen molar-refractivity contribution in [2.24, 2.45) is 0 Å². The van der Waals surface area contributed by atoms with Gasteiger partial charge in [-0.3, -0.25) is 23.5 Å². The molecule has 2 rings (SSSR count). The number of para-hydroxylation sites is 1. The molecule has 0 atom stereocenters. The van der Waals surface area contributed by atoms with E-state index in [0.717, 1.165) is 5.69 Å². The van der Waals surface area contributed by atoms with E-state index in [1.807, 2.05) is 30.3 Å². The molecule has 2 aromatic rings. The smallest absolute Gasteiger partial charge is 0.331 e. The summed E-state index contributed by atoms with van der Waals surface area (Å²) in [6.45, 7) is 3.83. The fraction of sp³-hybridized carbons (Fsp3) is 0.455. The number of aromatic nitrogens is 2. The van der Waals surface area contributed by atoms with Crippen LogP contribution in [-0.4, -0.2) is 34.3 Å². The zero-order chi connectivity index (χ0) is 22.6. The minimum atomic E-state index is -0.405. The van der Waals surface area contributed by atoms with E-state index in [0.29, 0.717) is 37.9 Å². The van der Waals surface area contributed by atoms with E-state index in [4.69, 9.17) is 9.47 Å². The molecular weight excluding hydrogens is 402 g/mol. The Labute approximate surface area is 180 Å². The Morgan fingerprint density at radius 3 is 2.03 bits per heavy atom. The number of carbonyl (C=O) groups excluding carboxylic acids is 2. The van der Waals surface area contributed by atoms with Crippen LogP contribution in [0.25, 0.3) is 0 Å². The molecular formula is C22H29N3O6. The molecule has 1 heterocycles. The number of aryl methyl sites for hydroxylation is 1. The van der Waals surface area contributed by atoms with Crippen molar-refractivity contribution < 1.29 is 19.1 Å². The minimum absolute atomic E-state index is 0.219. The zero-order valence-electron chi connectivity index (χ0n) is 18.0. The van der Waals surface area contributed by atoms with Gasteiger partial charge in [0.05, 0.1) is 13.2 Å². The molecule has 0 saturated heterocycles. The maximum Gasteiger partial charge on any atom is 0.331 e. The van der Waals surface area contributed by atoms with Crippen LogP contribution in [0.3, 0.4) is 0 Å². The largest absolute Gasteiger partial charge is 0.466 e. The maximum atomic E-state index is 12.9. The molecule has 0 bridgehead atoms. The number of ether oxygens (including phenoxy) is 2. The SMILES string of the molecule is CC(=O)OCCCCn1cc(Nc2ccccc2)c(=O)n(CCCCOC(C)=O)c1=O. The lowest BCUT2D eigenvalue weighted by Gasteiger charge is -2.14. The third kappa shape index (κ3) is 8.12. The number of rotatable bonds is 12. The van der Waals surface area contributed by atoms with Crippen molar-refractivity contribution in [1.29, 1.82) is 0 Å². The highest BCUT2D eigenvalue weighted by Crippen LogP contribution is 2.12. The number of nitrogens with zero attached hydrogens (tertiary/aromatic N) is 2. The molecule has 0 fully saturated rings. The third-order valence-corrected chi connectivity index (χ3v) is 4.47. The highest BCUT2D eigenvalue weighted by atomic mass is 16.5. The lowest BCUT2D eigenvalue weighted by atomic mass is 10.3. The number of carbonyl (C=O) groups is 2. The van der Waals surface area contributed by atoms with Crippen LogP contribution in [0, 0.1) is 0 Å². The summed E-state index contributed by atoms with van der Waals surface area (Å²) in [4.78, 5) is 47.5. The highest BCUT2D eigenvalue weighted by molar-refractivity contribution is 5.66. The second-order valence-corrected chi connectivity index (χ2v) is 7.06. The Balaban J connectivity index is 2.17. The van der Waals surface area contributed by atoms with Crippen LogP contribution in [0.2, 0.25) is 0 Å². The first kappa shape index (κ1) is 23.9. The van der Waals surface area contributed by atoms with Gasteiger partial charge in [-0.1, -0.05) is 18.2 Å². The van der Waals surface area contributed by atoms with Gasteiger partial charge in [0.25, 0.3) is 5.56 Å². The molecule has 0 amide bonds. The predicted octanol–water partition coefficient (Wildman–Crippen LogP) is 2.44. The summed E-state index contributed by atoms with van der Waals surface area (Å²) < 4.78 is 12.5. The molecule has 1 N–H and O–H groups in total. The molecule has 0 aliphatic heterocycles. The molecule has 0 saturated carbocycles. The normalized spacial score (nSPS) is 10.5. The van der Waals surface area contributed by atoms with Crippen molar-refractivity contribution in [2.75, 3.05) is 18.5 Å². The van der Waals surface area contributed by atoms with Gasteiger partial charge < -0.3 is 14.8 Å². The summed E-state index contributed by atoms with van der Waals surface area (Å²) in [7, 11) is 0. The highest BCUT2D eigenvalue weighted by Gasteiger charge is 2.12. The quantitative estimate of drug-likeness (QED) is 0.406. The average Bonchev–Trinajstić information content (AvgIpc) is 2.73. The molecule has 1 aromatic heterocycles. The van der Waals surface area contributed by atoms with Crippen molar-refractivity contribution >= 4 is 23.3 Å². The second-order valence-electron chi connectivity index (χ2n) is 7.06. The molecule has 0 aliphatic carbocycles. The first-order valence-electron chi connectivity index (χ1n) is 10.3. The first-order chi connectivity index (χ1) is 14.9. The number of benzene rings is 1. The standard InChI is InChI=1S/C22H29N3O6/c1-17(26)30-14-8-6-12-24-16-20(23-19-10-4-3-5-11-19)21(28)25(22(24)29)13-7-9-15-31-18(2)27/h3-5,10-11,16,23H,6-9,12-15H2,1-2H3.